The van der Waals surface area contributed by atoms with E-state index in [1.807, 2.05) is 54.6 Å². The summed E-state index contributed by atoms with van der Waals surface area (Å²) in [6.07, 6.45) is 4.04. The van der Waals surface area contributed by atoms with Crippen molar-refractivity contribution in [3.05, 3.63) is 66.7 Å². The Labute approximate surface area is 212 Å². The summed E-state index contributed by atoms with van der Waals surface area (Å²) < 4.78 is 28.5. The van der Waals surface area contributed by atoms with Crippen molar-refractivity contribution in [3.63, 3.8) is 0 Å². The highest BCUT2D eigenvalue weighted by atomic mass is 32.2. The molecule has 36 heavy (non-hydrogen) atoms. The third kappa shape index (κ3) is 5.75. The molecule has 0 bridgehead atoms. The van der Waals surface area contributed by atoms with Crippen LogP contribution >= 0.6 is 0 Å². The minimum absolute atomic E-state index is 0. The van der Waals surface area contributed by atoms with Gasteiger partial charge in [0.2, 0.25) is 16.0 Å². The highest BCUT2D eigenvalue weighted by Crippen LogP contribution is 2.29. The number of nitrogen functional groups attached to an aromatic ring is 1. The Kier molecular flexibility index (Phi) is 8.03. The molecule has 1 aliphatic rings. The Balaban J connectivity index is 0.00000304. The van der Waals surface area contributed by atoms with E-state index in [1.54, 1.807) is 12.1 Å². The predicted molar refractivity (Wildman–Crippen MR) is 147 cm³/mol. The van der Waals surface area contributed by atoms with Gasteiger partial charge in [-0.3, -0.25) is 0 Å². The highest BCUT2D eigenvalue weighted by molar-refractivity contribution is 7.89. The molecule has 0 atom stereocenters. The van der Waals surface area contributed by atoms with Crippen LogP contribution in [0.25, 0.3) is 21.7 Å². The highest BCUT2D eigenvalue weighted by Gasteiger charge is 2.23. The summed E-state index contributed by atoms with van der Waals surface area (Å²) in [7, 11) is -3.53. The van der Waals surface area contributed by atoms with E-state index in [0.717, 1.165) is 53.9 Å². The van der Waals surface area contributed by atoms with E-state index in [2.05, 4.69) is 25.4 Å². The third-order valence-electron chi connectivity index (χ3n) is 6.85. The van der Waals surface area contributed by atoms with Gasteiger partial charge in [-0.05, 0) is 72.6 Å². The predicted octanol–water partition coefficient (Wildman–Crippen LogP) is 4.90. The lowest BCUT2D eigenvalue weighted by molar-refractivity contribution is 0.284. The molecule has 5 N–H and O–H groups in total. The third-order valence-corrected chi connectivity index (χ3v) is 8.27. The fraction of sp³-hybridized carbons (Fsp3) is 0.333. The van der Waals surface area contributed by atoms with Crippen LogP contribution in [0.2, 0.25) is 0 Å². The van der Waals surface area contributed by atoms with E-state index in [4.69, 9.17) is 5.84 Å². The summed E-state index contributed by atoms with van der Waals surface area (Å²) in [6.45, 7) is 1.24. The van der Waals surface area contributed by atoms with Gasteiger partial charge in [0, 0.05) is 18.5 Å². The first-order valence-corrected chi connectivity index (χ1v) is 13.5. The second kappa shape index (κ2) is 11.2. The van der Waals surface area contributed by atoms with Crippen LogP contribution in [-0.2, 0) is 10.0 Å². The van der Waals surface area contributed by atoms with Crippen LogP contribution in [-0.4, -0.2) is 31.5 Å². The van der Waals surface area contributed by atoms with Gasteiger partial charge >= 0.3 is 0 Å². The van der Waals surface area contributed by atoms with Crippen LogP contribution in [0.3, 0.4) is 0 Å². The summed E-state index contributed by atoms with van der Waals surface area (Å²) in [6, 6.07) is 20.8. The summed E-state index contributed by atoms with van der Waals surface area (Å²) in [5, 5.41) is 6.20. The number of nitrogens with two attached hydrogens (primary N) is 1. The molecule has 1 fully saturated rings. The number of fused-ring (bicyclic) bond motifs is 2. The zero-order valence-corrected chi connectivity index (χ0v) is 20.3. The number of para-hydroxylation sites is 1. The van der Waals surface area contributed by atoms with E-state index >= 15 is 0 Å². The maximum Gasteiger partial charge on any atom is 0.240 e. The van der Waals surface area contributed by atoms with Gasteiger partial charge in [0.1, 0.15) is 0 Å². The molecule has 8 nitrogen and oxygen atoms in total. The average molecular weight is 507 g/mol. The average Bonchev–Trinajstić information content (AvgIpc) is 2.90. The van der Waals surface area contributed by atoms with Crippen LogP contribution in [0.4, 0.5) is 11.8 Å². The number of hydrogen-bond donors (Lipinski definition) is 4. The minimum Gasteiger partial charge on any atom is -0.354 e. The number of sulfonamides is 1. The normalized spacial score (nSPS) is 18.0. The van der Waals surface area contributed by atoms with Gasteiger partial charge in [-0.1, -0.05) is 49.9 Å². The molecule has 0 saturated heterocycles. The molecule has 0 aliphatic heterocycles. The molecular weight excluding hydrogens is 472 g/mol. The van der Waals surface area contributed by atoms with Gasteiger partial charge < -0.3 is 10.7 Å². The number of anilines is 2. The number of hydrogen-bond acceptors (Lipinski definition) is 7. The molecule has 4 aromatic rings. The molecule has 1 heterocycles. The fourth-order valence-corrected chi connectivity index (χ4v) is 5.94. The lowest BCUT2D eigenvalue weighted by atomic mass is 9.82. The lowest BCUT2D eigenvalue weighted by Crippen LogP contribution is -2.32. The molecule has 1 aliphatic carbocycles. The van der Waals surface area contributed by atoms with E-state index in [0.29, 0.717) is 35.0 Å². The van der Waals surface area contributed by atoms with Gasteiger partial charge in [0.15, 0.2) is 5.82 Å². The number of hydrazine groups is 1. The van der Waals surface area contributed by atoms with Crippen molar-refractivity contribution in [3.8, 4) is 0 Å². The Morgan fingerprint density at radius 2 is 1.50 bits per heavy atom. The molecule has 5 rings (SSSR count). The molecule has 0 amide bonds. The first kappa shape index (κ1) is 25.8. The van der Waals surface area contributed by atoms with Crippen molar-refractivity contribution >= 4 is 43.5 Å². The van der Waals surface area contributed by atoms with Crippen molar-refractivity contribution in [1.82, 2.24) is 14.7 Å². The Hall–Kier alpha value is -3.27. The van der Waals surface area contributed by atoms with Gasteiger partial charge in [-0.25, -0.2) is 24.0 Å². The zero-order chi connectivity index (χ0) is 24.3. The van der Waals surface area contributed by atoms with Crippen LogP contribution in [0.1, 0.15) is 33.1 Å². The van der Waals surface area contributed by atoms with Crippen molar-refractivity contribution in [1.29, 1.82) is 0 Å². The Bertz CT molecular complexity index is 1430. The van der Waals surface area contributed by atoms with Gasteiger partial charge in [-0.2, -0.15) is 4.98 Å². The second-order valence-corrected chi connectivity index (χ2v) is 11.0. The first-order valence-electron chi connectivity index (χ1n) is 12.0. The Morgan fingerprint density at radius 1 is 0.833 bits per heavy atom. The first-order chi connectivity index (χ1) is 17.0. The van der Waals surface area contributed by atoms with Gasteiger partial charge in [0.25, 0.3) is 0 Å². The standard InChI is InChI=1S/C26H30N6O2S.CH4/c27-32-25-23-7-3-4-8-24(23)30-26(31-25)28-16-18-9-11-19(12-10-18)17-29-35(33,34)22-14-13-20-5-1-2-6-21(20)15-22;/h1-8,13-15,18-19,29H,9-12,16-17,27H2,(H2,28,30,31,32);1H4. The summed E-state index contributed by atoms with van der Waals surface area (Å²) in [4.78, 5) is 9.40. The van der Waals surface area contributed by atoms with Crippen molar-refractivity contribution in [2.75, 3.05) is 23.8 Å². The van der Waals surface area contributed by atoms with Crippen LogP contribution in [0, 0.1) is 11.8 Å². The molecule has 9 heteroatoms. The quantitative estimate of drug-likeness (QED) is 0.198. The number of benzene rings is 3. The van der Waals surface area contributed by atoms with E-state index < -0.39 is 10.0 Å². The van der Waals surface area contributed by atoms with E-state index in [1.165, 1.54) is 0 Å². The molecule has 190 valence electrons. The van der Waals surface area contributed by atoms with Crippen molar-refractivity contribution in [2.24, 2.45) is 17.7 Å². The van der Waals surface area contributed by atoms with Crippen molar-refractivity contribution < 1.29 is 8.42 Å². The second-order valence-electron chi connectivity index (χ2n) is 9.19. The smallest absolute Gasteiger partial charge is 0.240 e. The maximum atomic E-state index is 12.8. The minimum atomic E-state index is -3.53. The molecule has 1 aromatic heterocycles. The van der Waals surface area contributed by atoms with Gasteiger partial charge in [0.05, 0.1) is 10.4 Å². The number of aromatic nitrogens is 2. The van der Waals surface area contributed by atoms with Crippen LogP contribution in [0.15, 0.2) is 71.6 Å². The molecular formula is C27H34N6O2S. The number of nitrogens with one attached hydrogen (secondary N) is 3. The van der Waals surface area contributed by atoms with Crippen molar-refractivity contribution in [2.45, 2.75) is 38.0 Å². The number of rotatable bonds is 8. The maximum absolute atomic E-state index is 12.8. The fourth-order valence-electron chi connectivity index (χ4n) is 4.79. The summed E-state index contributed by atoms with van der Waals surface area (Å²) >= 11 is 0. The van der Waals surface area contributed by atoms with Gasteiger partial charge in [-0.15, -0.1) is 0 Å². The molecule has 1 saturated carbocycles. The Morgan fingerprint density at radius 3 is 2.25 bits per heavy atom. The van der Waals surface area contributed by atoms with E-state index in [9.17, 15) is 8.42 Å². The SMILES string of the molecule is C.NNc1nc(NCC2CCC(CNS(=O)(=O)c3ccc4ccccc4c3)CC2)nc2ccccc12. The molecule has 0 radical (unpaired) electrons. The largest absolute Gasteiger partial charge is 0.354 e. The molecule has 0 spiro atoms. The van der Waals surface area contributed by atoms with Crippen LogP contribution < -0.4 is 21.3 Å². The van der Waals surface area contributed by atoms with Crippen LogP contribution in [0.5, 0.6) is 0 Å². The molecule has 0 unspecified atom stereocenters. The summed E-state index contributed by atoms with van der Waals surface area (Å²) in [5.41, 5.74) is 3.49. The summed E-state index contributed by atoms with van der Waals surface area (Å²) in [5.74, 6) is 7.63. The molecule has 3 aromatic carbocycles. The monoisotopic (exact) mass is 506 g/mol. The number of nitrogens with zero attached hydrogens (tertiary/aromatic N) is 2. The topological polar surface area (TPSA) is 122 Å². The van der Waals surface area contributed by atoms with E-state index in [-0.39, 0.29) is 7.43 Å². The zero-order valence-electron chi connectivity index (χ0n) is 19.4. The lowest BCUT2D eigenvalue weighted by Gasteiger charge is -2.28.